The van der Waals surface area contributed by atoms with Crippen LogP contribution in [0.3, 0.4) is 0 Å². The van der Waals surface area contributed by atoms with Gasteiger partial charge in [-0.3, -0.25) is 4.79 Å². The molecule has 0 atom stereocenters. The third-order valence-electron chi connectivity index (χ3n) is 7.55. The van der Waals surface area contributed by atoms with Crippen LogP contribution in [0.4, 0.5) is 0 Å². The van der Waals surface area contributed by atoms with Gasteiger partial charge in [0.05, 0.1) is 11.0 Å². The summed E-state index contributed by atoms with van der Waals surface area (Å²) in [6, 6.07) is 22.9. The molecule has 38 heavy (non-hydrogen) atoms. The summed E-state index contributed by atoms with van der Waals surface area (Å²) in [5.41, 5.74) is 6.74. The molecule has 2 heterocycles. The van der Waals surface area contributed by atoms with Crippen LogP contribution in [0.5, 0.6) is 5.75 Å². The van der Waals surface area contributed by atoms with E-state index in [1.54, 1.807) is 0 Å². The summed E-state index contributed by atoms with van der Waals surface area (Å²) in [5, 5.41) is 9.04. The molecule has 1 fully saturated rings. The fraction of sp³-hybridized carbons (Fsp3) is 0.375. The van der Waals surface area contributed by atoms with Gasteiger partial charge in [0.25, 0.3) is 0 Å². The second-order valence-corrected chi connectivity index (χ2v) is 10.1. The lowest BCUT2D eigenvalue weighted by Gasteiger charge is -2.17. The Hall–Kier alpha value is -3.64. The van der Waals surface area contributed by atoms with Crippen molar-refractivity contribution in [2.45, 2.75) is 58.6 Å². The van der Waals surface area contributed by atoms with E-state index in [0.717, 1.165) is 53.3 Å². The van der Waals surface area contributed by atoms with Crippen molar-refractivity contribution in [1.82, 2.24) is 14.5 Å². The minimum absolute atomic E-state index is 0.152. The van der Waals surface area contributed by atoms with E-state index in [9.17, 15) is 4.79 Å². The lowest BCUT2D eigenvalue weighted by atomic mass is 9.98. The van der Waals surface area contributed by atoms with Gasteiger partial charge >= 0.3 is 5.97 Å². The molecule has 1 N–H and O–H groups in total. The number of hydrogen-bond donors (Lipinski definition) is 1. The number of carboxylic acids is 1. The average molecular weight is 512 g/mol. The zero-order valence-electron chi connectivity index (χ0n) is 22.2. The molecule has 4 aromatic rings. The number of aliphatic carboxylic acids is 1. The van der Waals surface area contributed by atoms with Crippen molar-refractivity contribution in [3.05, 3.63) is 94.8 Å². The first kappa shape index (κ1) is 26.0. The summed E-state index contributed by atoms with van der Waals surface area (Å²) in [7, 11) is 0. The number of rotatable bonds is 12. The van der Waals surface area contributed by atoms with Crippen molar-refractivity contribution < 1.29 is 14.6 Å². The number of ether oxygens (including phenoxy) is 1. The van der Waals surface area contributed by atoms with E-state index in [2.05, 4.69) is 71.0 Å². The number of nitrogens with zero attached hydrogens (tertiary/aromatic N) is 3. The summed E-state index contributed by atoms with van der Waals surface area (Å²) in [4.78, 5) is 18.6. The molecular weight excluding hydrogens is 474 g/mol. The molecule has 1 aliphatic heterocycles. The van der Waals surface area contributed by atoms with Crippen LogP contribution >= 0.6 is 0 Å². The smallest absolute Gasteiger partial charge is 0.303 e. The molecule has 0 radical (unpaired) electrons. The van der Waals surface area contributed by atoms with Gasteiger partial charge in [-0.2, -0.15) is 0 Å². The Labute approximate surface area is 224 Å². The predicted molar refractivity (Wildman–Crippen MR) is 151 cm³/mol. The Morgan fingerprint density at radius 1 is 0.947 bits per heavy atom. The van der Waals surface area contributed by atoms with E-state index < -0.39 is 5.97 Å². The van der Waals surface area contributed by atoms with E-state index in [1.165, 1.54) is 37.0 Å². The van der Waals surface area contributed by atoms with Gasteiger partial charge in [-0.05, 0) is 73.7 Å². The van der Waals surface area contributed by atoms with E-state index >= 15 is 0 Å². The van der Waals surface area contributed by atoms with Crippen LogP contribution in [0.1, 0.15) is 54.3 Å². The number of carboxylic acid groups (broad SMARTS) is 1. The number of benzene rings is 3. The molecule has 3 aromatic carbocycles. The molecule has 0 bridgehead atoms. The van der Waals surface area contributed by atoms with Gasteiger partial charge in [0.1, 0.15) is 18.2 Å². The molecule has 1 aliphatic rings. The molecule has 0 saturated carbocycles. The Bertz CT molecular complexity index is 1390. The van der Waals surface area contributed by atoms with Crippen molar-refractivity contribution >= 4 is 17.0 Å². The monoisotopic (exact) mass is 511 g/mol. The summed E-state index contributed by atoms with van der Waals surface area (Å²) < 4.78 is 8.73. The van der Waals surface area contributed by atoms with Crippen LogP contribution in [0, 0.1) is 0 Å². The molecule has 6 nitrogen and oxygen atoms in total. The highest BCUT2D eigenvalue weighted by Gasteiger charge is 2.16. The van der Waals surface area contributed by atoms with Gasteiger partial charge in [0, 0.05) is 31.5 Å². The molecule has 6 heteroatoms. The van der Waals surface area contributed by atoms with Gasteiger partial charge in [0.15, 0.2) is 0 Å². The maximum Gasteiger partial charge on any atom is 0.303 e. The average Bonchev–Trinajstić information content (AvgIpc) is 3.58. The number of fused-ring (bicyclic) bond motifs is 1. The Kier molecular flexibility index (Phi) is 8.39. The molecule has 0 spiro atoms. The van der Waals surface area contributed by atoms with Crippen molar-refractivity contribution in [3.8, 4) is 5.75 Å². The zero-order chi connectivity index (χ0) is 26.3. The van der Waals surface area contributed by atoms with E-state index in [4.69, 9.17) is 14.8 Å². The Morgan fingerprint density at radius 3 is 2.55 bits per heavy atom. The van der Waals surface area contributed by atoms with E-state index in [0.29, 0.717) is 19.4 Å². The van der Waals surface area contributed by atoms with Crippen LogP contribution in [0.25, 0.3) is 11.0 Å². The number of likely N-dealkylation sites (tertiary alicyclic amines) is 1. The first-order valence-corrected chi connectivity index (χ1v) is 13.8. The third kappa shape index (κ3) is 6.25. The van der Waals surface area contributed by atoms with Crippen LogP contribution in [-0.2, 0) is 37.2 Å². The number of carbonyl (C=O) groups is 1. The molecule has 0 amide bonds. The number of aromatic nitrogens is 2. The van der Waals surface area contributed by atoms with Crippen molar-refractivity contribution in [3.63, 3.8) is 0 Å². The quantitative estimate of drug-likeness (QED) is 0.257. The largest absolute Gasteiger partial charge is 0.489 e. The SMILES string of the molecule is CCc1cc(COc2ccccc2Cc2nc3ccccc3n2CCN2CCCC2)ccc1CCC(=O)O. The zero-order valence-corrected chi connectivity index (χ0v) is 22.2. The lowest BCUT2D eigenvalue weighted by Crippen LogP contribution is -2.24. The highest BCUT2D eigenvalue weighted by molar-refractivity contribution is 5.76. The molecule has 1 saturated heterocycles. The van der Waals surface area contributed by atoms with Crippen molar-refractivity contribution in [1.29, 1.82) is 0 Å². The second kappa shape index (κ2) is 12.3. The fourth-order valence-electron chi connectivity index (χ4n) is 5.46. The van der Waals surface area contributed by atoms with Crippen LogP contribution in [-0.4, -0.2) is 45.2 Å². The van der Waals surface area contributed by atoms with Crippen LogP contribution in [0.2, 0.25) is 0 Å². The predicted octanol–water partition coefficient (Wildman–Crippen LogP) is 5.88. The van der Waals surface area contributed by atoms with Crippen LogP contribution < -0.4 is 4.74 Å². The number of aryl methyl sites for hydroxylation is 2. The van der Waals surface area contributed by atoms with Gasteiger partial charge in [-0.25, -0.2) is 4.98 Å². The summed E-state index contributed by atoms with van der Waals surface area (Å²) in [6.07, 6.45) is 4.88. The summed E-state index contributed by atoms with van der Waals surface area (Å²) in [5.74, 6) is 1.18. The molecular formula is C32H37N3O3. The van der Waals surface area contributed by atoms with Gasteiger partial charge < -0.3 is 19.3 Å². The summed E-state index contributed by atoms with van der Waals surface area (Å²) in [6.45, 7) is 6.95. The van der Waals surface area contributed by atoms with Crippen LogP contribution in [0.15, 0.2) is 66.7 Å². The molecule has 198 valence electrons. The van der Waals surface area contributed by atoms with E-state index in [1.807, 2.05) is 12.1 Å². The number of para-hydroxylation sites is 3. The topological polar surface area (TPSA) is 67.6 Å². The first-order chi connectivity index (χ1) is 18.6. The Morgan fingerprint density at radius 2 is 1.74 bits per heavy atom. The highest BCUT2D eigenvalue weighted by atomic mass is 16.5. The fourth-order valence-corrected chi connectivity index (χ4v) is 5.46. The van der Waals surface area contributed by atoms with Crippen molar-refractivity contribution in [2.75, 3.05) is 19.6 Å². The van der Waals surface area contributed by atoms with Gasteiger partial charge in [-0.15, -0.1) is 0 Å². The normalized spacial score (nSPS) is 13.8. The second-order valence-electron chi connectivity index (χ2n) is 10.1. The van der Waals surface area contributed by atoms with Gasteiger partial charge in [-0.1, -0.05) is 55.5 Å². The maximum absolute atomic E-state index is 11.0. The third-order valence-corrected chi connectivity index (χ3v) is 7.55. The molecule has 5 rings (SSSR count). The molecule has 0 aliphatic carbocycles. The number of hydrogen-bond acceptors (Lipinski definition) is 4. The Balaban J connectivity index is 1.32. The standard InChI is InChI=1S/C32H37N3O3/c1-2-25-21-24(13-14-26(25)15-16-32(36)37)23-38-30-12-6-3-9-27(30)22-31-33-28-10-4-5-11-29(28)35(31)20-19-34-17-7-8-18-34/h3-6,9-14,21H,2,7-8,15-20,22-23H2,1H3,(H,36,37). The minimum atomic E-state index is -0.763. The summed E-state index contributed by atoms with van der Waals surface area (Å²) >= 11 is 0. The lowest BCUT2D eigenvalue weighted by molar-refractivity contribution is -0.136. The van der Waals surface area contributed by atoms with Crippen molar-refractivity contribution in [2.24, 2.45) is 0 Å². The molecule has 1 aromatic heterocycles. The first-order valence-electron chi connectivity index (χ1n) is 13.8. The van der Waals surface area contributed by atoms with Gasteiger partial charge in [0.2, 0.25) is 0 Å². The molecule has 0 unspecified atom stereocenters. The minimum Gasteiger partial charge on any atom is -0.489 e. The number of imidazole rings is 1. The highest BCUT2D eigenvalue weighted by Crippen LogP contribution is 2.26. The van der Waals surface area contributed by atoms with E-state index in [-0.39, 0.29) is 6.42 Å². The maximum atomic E-state index is 11.0.